The van der Waals surface area contributed by atoms with Crippen LogP contribution in [0.2, 0.25) is 0 Å². The summed E-state index contributed by atoms with van der Waals surface area (Å²) in [5.74, 6) is 0. The summed E-state index contributed by atoms with van der Waals surface area (Å²) in [6.45, 7) is 0. The molecule has 0 spiro atoms. The van der Waals surface area contributed by atoms with Crippen LogP contribution in [-0.2, 0) is 0 Å². The molecule has 3 heterocycles. The summed E-state index contributed by atoms with van der Waals surface area (Å²) in [6, 6.07) is 36.5. The van der Waals surface area contributed by atoms with Gasteiger partial charge in [0.15, 0.2) is 0 Å². The molecule has 0 saturated carbocycles. The quantitative estimate of drug-likeness (QED) is 0.283. The van der Waals surface area contributed by atoms with Crippen LogP contribution in [0.1, 0.15) is 0 Å². The SMILES string of the molecule is c1ccc(-n2c3ccccc3c3cc4oc5cc6c(cc5c4cc32)[nH]c2ccccc26)cc1. The third-order valence-corrected chi connectivity index (χ3v) is 6.90. The molecule has 0 unspecified atom stereocenters. The number of benzene rings is 5. The Hall–Kier alpha value is -4.50. The Kier molecular flexibility index (Phi) is 3.14. The number of H-pyrrole nitrogens is 1. The molecule has 1 N–H and O–H groups in total. The molecule has 3 nitrogen and oxygen atoms in total. The Bertz CT molecular complexity index is 2020. The molecule has 0 amide bonds. The Balaban J connectivity index is 1.53. The lowest BCUT2D eigenvalue weighted by Crippen LogP contribution is -1.92. The van der Waals surface area contributed by atoms with Crippen molar-refractivity contribution in [3.05, 3.63) is 103 Å². The standard InChI is InChI=1S/C30H18N2O/c1-2-8-18(9-3-1)32-27-13-7-5-11-20(27)22-17-30-24(15-28(22)32)23-14-26-21(16-29(23)33-30)19-10-4-6-12-25(19)31-26/h1-17,31H. The molecule has 3 heteroatoms. The van der Waals surface area contributed by atoms with Crippen molar-refractivity contribution in [2.24, 2.45) is 0 Å². The van der Waals surface area contributed by atoms with Crippen molar-refractivity contribution >= 4 is 65.6 Å². The van der Waals surface area contributed by atoms with E-state index in [1.165, 1.54) is 32.6 Å². The maximum Gasteiger partial charge on any atom is 0.136 e. The first-order valence-electron chi connectivity index (χ1n) is 11.2. The number of aromatic nitrogens is 2. The van der Waals surface area contributed by atoms with Gasteiger partial charge >= 0.3 is 0 Å². The van der Waals surface area contributed by atoms with Crippen LogP contribution in [0.4, 0.5) is 0 Å². The third-order valence-electron chi connectivity index (χ3n) is 6.90. The molecule has 8 rings (SSSR count). The van der Waals surface area contributed by atoms with E-state index in [0.29, 0.717) is 0 Å². The highest BCUT2D eigenvalue weighted by atomic mass is 16.3. The van der Waals surface area contributed by atoms with E-state index >= 15 is 0 Å². The number of nitrogens with one attached hydrogen (secondary N) is 1. The van der Waals surface area contributed by atoms with Gasteiger partial charge in [-0.15, -0.1) is 0 Å². The van der Waals surface area contributed by atoms with Gasteiger partial charge in [0.05, 0.1) is 11.0 Å². The summed E-state index contributed by atoms with van der Waals surface area (Å²) >= 11 is 0. The molecular weight excluding hydrogens is 404 g/mol. The van der Waals surface area contributed by atoms with E-state index in [4.69, 9.17) is 4.42 Å². The van der Waals surface area contributed by atoms with Gasteiger partial charge in [-0.3, -0.25) is 0 Å². The van der Waals surface area contributed by atoms with Gasteiger partial charge in [0.1, 0.15) is 11.2 Å². The van der Waals surface area contributed by atoms with E-state index in [1.54, 1.807) is 0 Å². The van der Waals surface area contributed by atoms with Gasteiger partial charge in [-0.05, 0) is 48.5 Å². The maximum atomic E-state index is 6.43. The van der Waals surface area contributed by atoms with Crippen LogP contribution >= 0.6 is 0 Å². The third kappa shape index (κ3) is 2.23. The molecule has 0 aliphatic heterocycles. The van der Waals surface area contributed by atoms with E-state index < -0.39 is 0 Å². The number of furan rings is 1. The van der Waals surface area contributed by atoms with Gasteiger partial charge in [0, 0.05) is 49.0 Å². The second kappa shape index (κ2) is 6.05. The fourth-order valence-corrected chi connectivity index (χ4v) is 5.44. The predicted molar refractivity (Wildman–Crippen MR) is 137 cm³/mol. The van der Waals surface area contributed by atoms with Crippen molar-refractivity contribution in [1.82, 2.24) is 9.55 Å². The van der Waals surface area contributed by atoms with Crippen molar-refractivity contribution < 1.29 is 4.42 Å². The molecule has 0 aliphatic rings. The number of rotatable bonds is 1. The van der Waals surface area contributed by atoms with Crippen LogP contribution in [0.25, 0.3) is 71.2 Å². The fraction of sp³-hybridized carbons (Fsp3) is 0. The summed E-state index contributed by atoms with van der Waals surface area (Å²) < 4.78 is 8.78. The zero-order valence-electron chi connectivity index (χ0n) is 17.7. The van der Waals surface area contributed by atoms with Gasteiger partial charge in [0.25, 0.3) is 0 Å². The van der Waals surface area contributed by atoms with Crippen LogP contribution in [0.5, 0.6) is 0 Å². The first-order valence-corrected chi connectivity index (χ1v) is 11.2. The molecule has 5 aromatic carbocycles. The summed E-state index contributed by atoms with van der Waals surface area (Å²) in [6.07, 6.45) is 0. The average Bonchev–Trinajstić information content (AvgIpc) is 3.50. The minimum atomic E-state index is 0.922. The van der Waals surface area contributed by atoms with Crippen LogP contribution in [-0.4, -0.2) is 9.55 Å². The van der Waals surface area contributed by atoms with E-state index in [1.807, 2.05) is 0 Å². The average molecular weight is 422 g/mol. The number of fused-ring (bicyclic) bond motifs is 9. The highest BCUT2D eigenvalue weighted by Gasteiger charge is 2.17. The normalized spacial score (nSPS) is 12.2. The lowest BCUT2D eigenvalue weighted by Gasteiger charge is -2.07. The van der Waals surface area contributed by atoms with E-state index in [2.05, 4.69) is 113 Å². The highest BCUT2D eigenvalue weighted by Crippen LogP contribution is 2.40. The van der Waals surface area contributed by atoms with Crippen LogP contribution in [0.15, 0.2) is 108 Å². The van der Waals surface area contributed by atoms with Crippen LogP contribution < -0.4 is 0 Å². The molecule has 0 bridgehead atoms. The second-order valence-electron chi connectivity index (χ2n) is 8.72. The van der Waals surface area contributed by atoms with Crippen molar-refractivity contribution in [2.45, 2.75) is 0 Å². The molecule has 33 heavy (non-hydrogen) atoms. The topological polar surface area (TPSA) is 33.9 Å². The second-order valence-corrected chi connectivity index (χ2v) is 8.72. The molecule has 0 radical (unpaired) electrons. The smallest absolute Gasteiger partial charge is 0.136 e. The van der Waals surface area contributed by atoms with Gasteiger partial charge < -0.3 is 14.0 Å². The number of aromatic amines is 1. The van der Waals surface area contributed by atoms with Crippen molar-refractivity contribution in [3.8, 4) is 5.69 Å². The molecule has 0 atom stereocenters. The fourth-order valence-electron chi connectivity index (χ4n) is 5.44. The Morgan fingerprint density at radius 3 is 2.06 bits per heavy atom. The van der Waals surface area contributed by atoms with Gasteiger partial charge in [-0.1, -0.05) is 54.6 Å². The lowest BCUT2D eigenvalue weighted by molar-refractivity contribution is 0.670. The first-order chi connectivity index (χ1) is 16.3. The number of para-hydroxylation sites is 3. The van der Waals surface area contributed by atoms with Crippen molar-refractivity contribution in [2.75, 3.05) is 0 Å². The molecule has 0 aliphatic carbocycles. The number of nitrogens with zero attached hydrogens (tertiary/aromatic N) is 1. The largest absolute Gasteiger partial charge is 0.456 e. The zero-order chi connectivity index (χ0) is 21.5. The molecular formula is C30H18N2O. The molecule has 8 aromatic rings. The van der Waals surface area contributed by atoms with Gasteiger partial charge in [0.2, 0.25) is 0 Å². The minimum absolute atomic E-state index is 0.922. The van der Waals surface area contributed by atoms with E-state index in [0.717, 1.165) is 38.7 Å². The Labute approximate surface area is 188 Å². The van der Waals surface area contributed by atoms with Crippen molar-refractivity contribution in [1.29, 1.82) is 0 Å². The Morgan fingerprint density at radius 2 is 1.18 bits per heavy atom. The van der Waals surface area contributed by atoms with Gasteiger partial charge in [-0.25, -0.2) is 0 Å². The first kappa shape index (κ1) is 17.1. The highest BCUT2D eigenvalue weighted by molar-refractivity contribution is 6.20. The summed E-state index contributed by atoms with van der Waals surface area (Å²) in [7, 11) is 0. The van der Waals surface area contributed by atoms with Crippen molar-refractivity contribution in [3.63, 3.8) is 0 Å². The predicted octanol–water partition coefficient (Wildman–Crippen LogP) is 8.32. The Morgan fingerprint density at radius 1 is 0.485 bits per heavy atom. The molecule has 0 fully saturated rings. The number of hydrogen-bond acceptors (Lipinski definition) is 1. The lowest BCUT2D eigenvalue weighted by atomic mass is 10.1. The molecule has 3 aromatic heterocycles. The van der Waals surface area contributed by atoms with Crippen LogP contribution in [0.3, 0.4) is 0 Å². The summed E-state index contributed by atoms with van der Waals surface area (Å²) in [5, 5.41) is 7.13. The molecule has 154 valence electrons. The van der Waals surface area contributed by atoms with E-state index in [-0.39, 0.29) is 0 Å². The number of hydrogen-bond donors (Lipinski definition) is 1. The monoisotopic (exact) mass is 422 g/mol. The summed E-state index contributed by atoms with van der Waals surface area (Å²) in [4.78, 5) is 3.57. The maximum absolute atomic E-state index is 6.43. The zero-order valence-corrected chi connectivity index (χ0v) is 17.7. The minimum Gasteiger partial charge on any atom is -0.456 e. The van der Waals surface area contributed by atoms with Gasteiger partial charge in [-0.2, -0.15) is 0 Å². The molecule has 0 saturated heterocycles. The summed E-state index contributed by atoms with van der Waals surface area (Å²) in [5.41, 5.74) is 7.68. The van der Waals surface area contributed by atoms with Crippen LogP contribution in [0, 0.1) is 0 Å². The van der Waals surface area contributed by atoms with E-state index in [9.17, 15) is 0 Å².